The normalized spacial score (nSPS) is 10.7. The van der Waals surface area contributed by atoms with Crippen molar-refractivity contribution in [1.29, 1.82) is 0 Å². The molecule has 0 heterocycles. The van der Waals surface area contributed by atoms with Gasteiger partial charge < -0.3 is 24.8 Å². The van der Waals surface area contributed by atoms with E-state index < -0.39 is 0 Å². The number of guanidine groups is 1. The molecule has 0 aromatic heterocycles. The molecule has 0 unspecified atom stereocenters. The lowest BCUT2D eigenvalue weighted by molar-refractivity contribution is 0.368. The van der Waals surface area contributed by atoms with Crippen molar-refractivity contribution in [3.63, 3.8) is 0 Å². The van der Waals surface area contributed by atoms with Gasteiger partial charge in [-0.1, -0.05) is 30.3 Å². The Hall–Kier alpha value is -2.16. The van der Waals surface area contributed by atoms with E-state index in [1.165, 1.54) is 5.56 Å². The van der Waals surface area contributed by atoms with Crippen LogP contribution in [0.2, 0.25) is 0 Å². The van der Waals surface area contributed by atoms with Crippen molar-refractivity contribution in [2.24, 2.45) is 4.99 Å². The maximum absolute atomic E-state index is 5.50. The number of halogens is 1. The number of hydrogen-bond acceptors (Lipinski definition) is 4. The molecule has 0 radical (unpaired) electrons. The summed E-state index contributed by atoms with van der Waals surface area (Å²) in [7, 11) is 6.71. The predicted molar refractivity (Wildman–Crippen MR) is 129 cm³/mol. The molecule has 0 amide bonds. The van der Waals surface area contributed by atoms with E-state index in [2.05, 4.69) is 39.9 Å². The molecule has 0 aliphatic heterocycles. The third-order valence-corrected chi connectivity index (χ3v) is 4.49. The number of nitrogens with zero attached hydrogens (tertiary/aromatic N) is 1. The van der Waals surface area contributed by atoms with E-state index in [1.54, 1.807) is 28.4 Å². The summed E-state index contributed by atoms with van der Waals surface area (Å²) >= 11 is 0. The van der Waals surface area contributed by atoms with Gasteiger partial charge in [0.1, 0.15) is 17.2 Å². The standard InChI is InChI=1S/C22H31N3O3.HI/c1-23-22(24-13-8-11-17-9-6-5-7-10-17)25-14-12-19-20(27-3)15-18(26-2)16-21(19)28-4;/h5-7,9-10,15-16H,8,11-14H2,1-4H3,(H2,23,24,25);1H. The molecule has 7 heteroatoms. The number of aryl methyl sites for hydroxylation is 1. The summed E-state index contributed by atoms with van der Waals surface area (Å²) < 4.78 is 16.3. The quantitative estimate of drug-likeness (QED) is 0.220. The number of aliphatic imine (C=N–C) groups is 1. The lowest BCUT2D eigenvalue weighted by Crippen LogP contribution is -2.38. The van der Waals surface area contributed by atoms with Crippen molar-refractivity contribution in [2.75, 3.05) is 41.5 Å². The number of methoxy groups -OCH3 is 3. The van der Waals surface area contributed by atoms with E-state index in [4.69, 9.17) is 14.2 Å². The number of ether oxygens (including phenoxy) is 3. The molecule has 2 aromatic rings. The van der Waals surface area contributed by atoms with Crippen LogP contribution in [0.3, 0.4) is 0 Å². The van der Waals surface area contributed by atoms with Crippen LogP contribution in [-0.4, -0.2) is 47.4 Å². The Morgan fingerprint density at radius 2 is 1.48 bits per heavy atom. The summed E-state index contributed by atoms with van der Waals surface area (Å²) in [6, 6.07) is 14.2. The van der Waals surface area contributed by atoms with Crippen molar-refractivity contribution in [2.45, 2.75) is 19.3 Å². The third-order valence-electron chi connectivity index (χ3n) is 4.49. The molecule has 2 rings (SSSR count). The van der Waals surface area contributed by atoms with Crippen LogP contribution in [0.5, 0.6) is 17.2 Å². The van der Waals surface area contributed by atoms with Crippen LogP contribution in [0.4, 0.5) is 0 Å². The van der Waals surface area contributed by atoms with Crippen molar-refractivity contribution in [3.8, 4) is 17.2 Å². The summed E-state index contributed by atoms with van der Waals surface area (Å²) in [5, 5.41) is 6.70. The predicted octanol–water partition coefficient (Wildman–Crippen LogP) is 3.67. The van der Waals surface area contributed by atoms with Gasteiger partial charge in [0, 0.05) is 37.8 Å². The zero-order valence-corrected chi connectivity index (χ0v) is 20.0. The number of nitrogens with one attached hydrogen (secondary N) is 2. The van der Waals surface area contributed by atoms with Gasteiger partial charge in [0.15, 0.2) is 5.96 Å². The van der Waals surface area contributed by atoms with E-state index in [1.807, 2.05) is 18.2 Å². The molecule has 2 N–H and O–H groups in total. The Kier molecular flexibility index (Phi) is 11.9. The van der Waals surface area contributed by atoms with E-state index >= 15 is 0 Å². The summed E-state index contributed by atoms with van der Waals surface area (Å²) in [6.45, 7) is 1.57. The highest BCUT2D eigenvalue weighted by Gasteiger charge is 2.13. The molecule has 160 valence electrons. The lowest BCUT2D eigenvalue weighted by Gasteiger charge is -2.16. The lowest BCUT2D eigenvalue weighted by atomic mass is 10.1. The van der Waals surface area contributed by atoms with Gasteiger partial charge in [0.05, 0.1) is 21.3 Å². The number of rotatable bonds is 10. The van der Waals surface area contributed by atoms with Crippen LogP contribution in [0.1, 0.15) is 17.5 Å². The van der Waals surface area contributed by atoms with E-state index in [0.717, 1.165) is 48.8 Å². The van der Waals surface area contributed by atoms with Gasteiger partial charge in [0.2, 0.25) is 0 Å². The molecule has 2 aromatic carbocycles. The molecule has 0 saturated heterocycles. The Morgan fingerprint density at radius 1 is 0.862 bits per heavy atom. The Morgan fingerprint density at radius 3 is 2.03 bits per heavy atom. The Labute approximate surface area is 191 Å². The third kappa shape index (κ3) is 8.00. The fraction of sp³-hybridized carbons (Fsp3) is 0.409. The highest BCUT2D eigenvalue weighted by Crippen LogP contribution is 2.34. The zero-order chi connectivity index (χ0) is 20.2. The first-order valence-corrected chi connectivity index (χ1v) is 9.49. The van der Waals surface area contributed by atoms with Gasteiger partial charge in [0.25, 0.3) is 0 Å². The Balaban J connectivity index is 0.00000420. The van der Waals surface area contributed by atoms with Crippen LogP contribution in [0.15, 0.2) is 47.5 Å². The topological polar surface area (TPSA) is 64.1 Å². The highest BCUT2D eigenvalue weighted by molar-refractivity contribution is 14.0. The second-order valence-corrected chi connectivity index (χ2v) is 6.28. The SMILES string of the molecule is CN=C(NCCCc1ccccc1)NCCc1c(OC)cc(OC)cc1OC.I. The first kappa shape index (κ1) is 24.9. The molecule has 0 spiro atoms. The maximum Gasteiger partial charge on any atom is 0.190 e. The highest BCUT2D eigenvalue weighted by atomic mass is 127. The van der Waals surface area contributed by atoms with Crippen LogP contribution >= 0.6 is 24.0 Å². The average Bonchev–Trinajstić information content (AvgIpc) is 2.75. The zero-order valence-electron chi connectivity index (χ0n) is 17.7. The van der Waals surface area contributed by atoms with Crippen LogP contribution in [0.25, 0.3) is 0 Å². The second-order valence-electron chi connectivity index (χ2n) is 6.28. The van der Waals surface area contributed by atoms with Crippen LogP contribution < -0.4 is 24.8 Å². The van der Waals surface area contributed by atoms with Crippen molar-refractivity contribution in [1.82, 2.24) is 10.6 Å². The second kappa shape index (κ2) is 13.9. The molecule has 0 bridgehead atoms. The molecular formula is C22H32IN3O3. The fourth-order valence-electron chi connectivity index (χ4n) is 2.99. The summed E-state index contributed by atoms with van der Waals surface area (Å²) in [5.74, 6) is 3.01. The monoisotopic (exact) mass is 513 g/mol. The Bertz CT molecular complexity index is 729. The summed E-state index contributed by atoms with van der Waals surface area (Å²) in [5.41, 5.74) is 2.35. The smallest absolute Gasteiger partial charge is 0.190 e. The van der Waals surface area contributed by atoms with Crippen LogP contribution in [-0.2, 0) is 12.8 Å². The molecule has 0 fully saturated rings. The fourth-order valence-corrected chi connectivity index (χ4v) is 2.99. The van der Waals surface area contributed by atoms with E-state index in [-0.39, 0.29) is 24.0 Å². The molecule has 0 saturated carbocycles. The summed E-state index contributed by atoms with van der Waals surface area (Å²) in [4.78, 5) is 4.29. The van der Waals surface area contributed by atoms with E-state index in [9.17, 15) is 0 Å². The van der Waals surface area contributed by atoms with Gasteiger partial charge in [-0.3, -0.25) is 4.99 Å². The molecule has 0 atom stereocenters. The van der Waals surface area contributed by atoms with Gasteiger partial charge in [-0.25, -0.2) is 0 Å². The summed E-state index contributed by atoms with van der Waals surface area (Å²) in [6.07, 6.45) is 2.83. The van der Waals surface area contributed by atoms with Crippen molar-refractivity contribution < 1.29 is 14.2 Å². The van der Waals surface area contributed by atoms with Gasteiger partial charge >= 0.3 is 0 Å². The molecular weight excluding hydrogens is 481 g/mol. The van der Waals surface area contributed by atoms with Gasteiger partial charge in [-0.15, -0.1) is 24.0 Å². The molecule has 29 heavy (non-hydrogen) atoms. The van der Waals surface area contributed by atoms with Gasteiger partial charge in [-0.05, 0) is 24.8 Å². The van der Waals surface area contributed by atoms with Gasteiger partial charge in [-0.2, -0.15) is 0 Å². The number of hydrogen-bond donors (Lipinski definition) is 2. The largest absolute Gasteiger partial charge is 0.496 e. The van der Waals surface area contributed by atoms with Crippen molar-refractivity contribution >= 4 is 29.9 Å². The minimum absolute atomic E-state index is 0. The molecule has 6 nitrogen and oxygen atoms in total. The number of benzene rings is 2. The van der Waals surface area contributed by atoms with E-state index in [0.29, 0.717) is 12.3 Å². The minimum Gasteiger partial charge on any atom is -0.496 e. The minimum atomic E-state index is 0. The first-order valence-electron chi connectivity index (χ1n) is 9.49. The van der Waals surface area contributed by atoms with Crippen molar-refractivity contribution in [3.05, 3.63) is 53.6 Å². The average molecular weight is 513 g/mol. The van der Waals surface area contributed by atoms with Crippen LogP contribution in [0, 0.1) is 0 Å². The molecule has 0 aliphatic rings. The molecule has 0 aliphatic carbocycles. The maximum atomic E-state index is 5.50. The first-order chi connectivity index (χ1) is 13.7.